The molecule has 29 heavy (non-hydrogen) atoms. The molecule has 0 saturated carbocycles. The van der Waals surface area contributed by atoms with Crippen LogP contribution in [0.5, 0.6) is 0 Å². The number of benzene rings is 1. The van der Waals surface area contributed by atoms with Crippen LogP contribution < -0.4 is 10.9 Å². The Hall–Kier alpha value is -3.87. The molecule has 0 aliphatic rings. The lowest BCUT2D eigenvalue weighted by Crippen LogP contribution is -2.17. The molecule has 0 bridgehead atoms. The Kier molecular flexibility index (Phi) is 5.11. The van der Waals surface area contributed by atoms with Crippen molar-refractivity contribution in [1.29, 1.82) is 0 Å². The van der Waals surface area contributed by atoms with Gasteiger partial charge in [0.25, 0.3) is 5.56 Å². The number of nitrogens with zero attached hydrogens (tertiary/aromatic N) is 2. The molecule has 0 spiro atoms. The molecule has 0 saturated heterocycles. The smallest absolute Gasteiger partial charge is 0.340 e. The summed E-state index contributed by atoms with van der Waals surface area (Å²) in [6.45, 7) is 2.25. The summed E-state index contributed by atoms with van der Waals surface area (Å²) >= 11 is 0. The van der Waals surface area contributed by atoms with Crippen molar-refractivity contribution in [3.05, 3.63) is 100.0 Å². The van der Waals surface area contributed by atoms with Crippen LogP contribution in [0, 0.1) is 6.92 Å². The number of carbonyl (C=O) groups excluding carboxylic acids is 1. The minimum Gasteiger partial charge on any atom is -0.467 e. The highest BCUT2D eigenvalue weighted by atomic mass is 16.5. The fraction of sp³-hybridized carbons (Fsp3) is 0.136. The van der Waals surface area contributed by atoms with Gasteiger partial charge in [0, 0.05) is 18.0 Å². The molecule has 3 aromatic heterocycles. The highest BCUT2D eigenvalue weighted by Crippen LogP contribution is 2.18. The highest BCUT2D eigenvalue weighted by molar-refractivity contribution is 5.95. The van der Waals surface area contributed by atoms with E-state index in [1.165, 1.54) is 10.5 Å². The van der Waals surface area contributed by atoms with Crippen LogP contribution >= 0.6 is 0 Å². The third-order valence-corrected chi connectivity index (χ3v) is 4.39. The molecule has 0 atom stereocenters. The summed E-state index contributed by atoms with van der Waals surface area (Å²) in [4.78, 5) is 29.3. The fourth-order valence-electron chi connectivity index (χ4n) is 2.96. The van der Waals surface area contributed by atoms with Crippen molar-refractivity contribution >= 4 is 17.3 Å². The van der Waals surface area contributed by atoms with Crippen molar-refractivity contribution < 1.29 is 13.9 Å². The molecule has 1 aromatic carbocycles. The van der Waals surface area contributed by atoms with Crippen molar-refractivity contribution in [2.24, 2.45) is 0 Å². The van der Waals surface area contributed by atoms with E-state index in [-0.39, 0.29) is 12.2 Å². The standard InChI is InChI=1S/C22H19N3O4/c1-15-8-9-20-24-16(11-21(26)25(20)13-15)14-29-22(27)18-6-2-3-7-19(18)23-12-17-5-4-10-28-17/h2-11,13,23H,12,14H2,1H3. The van der Waals surface area contributed by atoms with Crippen LogP contribution in [0.1, 0.15) is 27.4 Å². The van der Waals surface area contributed by atoms with Gasteiger partial charge >= 0.3 is 5.97 Å². The second-order valence-electron chi connectivity index (χ2n) is 6.58. The van der Waals surface area contributed by atoms with E-state index in [1.54, 1.807) is 42.8 Å². The fourth-order valence-corrected chi connectivity index (χ4v) is 2.96. The average molecular weight is 389 g/mol. The van der Waals surface area contributed by atoms with Gasteiger partial charge in [-0.05, 0) is 42.8 Å². The molecule has 0 aliphatic carbocycles. The molecule has 1 N–H and O–H groups in total. The van der Waals surface area contributed by atoms with Crippen LogP contribution in [0.2, 0.25) is 0 Å². The number of fused-ring (bicyclic) bond motifs is 1. The van der Waals surface area contributed by atoms with E-state index in [0.717, 1.165) is 11.3 Å². The zero-order chi connectivity index (χ0) is 20.2. The second-order valence-corrected chi connectivity index (χ2v) is 6.58. The number of anilines is 1. The molecule has 7 nitrogen and oxygen atoms in total. The Morgan fingerprint density at radius 2 is 2.03 bits per heavy atom. The van der Waals surface area contributed by atoms with Crippen molar-refractivity contribution in [2.45, 2.75) is 20.1 Å². The van der Waals surface area contributed by atoms with E-state index < -0.39 is 5.97 Å². The maximum atomic E-state index is 12.6. The third-order valence-electron chi connectivity index (χ3n) is 4.39. The van der Waals surface area contributed by atoms with Gasteiger partial charge < -0.3 is 14.5 Å². The Morgan fingerprint density at radius 1 is 1.17 bits per heavy atom. The number of furan rings is 1. The summed E-state index contributed by atoms with van der Waals surface area (Å²) in [7, 11) is 0. The Morgan fingerprint density at radius 3 is 2.86 bits per heavy atom. The van der Waals surface area contributed by atoms with E-state index in [0.29, 0.717) is 29.1 Å². The summed E-state index contributed by atoms with van der Waals surface area (Å²) < 4.78 is 12.2. The molecule has 0 unspecified atom stereocenters. The summed E-state index contributed by atoms with van der Waals surface area (Å²) in [5.74, 6) is 0.252. The molecule has 0 amide bonds. The molecule has 146 valence electrons. The largest absolute Gasteiger partial charge is 0.467 e. The number of para-hydroxylation sites is 1. The minimum absolute atomic E-state index is 0.0923. The Bertz CT molecular complexity index is 1210. The number of aryl methyl sites for hydroxylation is 1. The number of rotatable bonds is 6. The normalized spacial score (nSPS) is 10.8. The Balaban J connectivity index is 1.48. The van der Waals surface area contributed by atoms with Gasteiger partial charge in [-0.2, -0.15) is 0 Å². The average Bonchev–Trinajstić information content (AvgIpc) is 3.25. The number of aromatic nitrogens is 2. The monoisotopic (exact) mass is 389 g/mol. The molecule has 4 rings (SSSR count). The quantitative estimate of drug-likeness (QED) is 0.508. The molecule has 3 heterocycles. The van der Waals surface area contributed by atoms with E-state index in [9.17, 15) is 9.59 Å². The van der Waals surface area contributed by atoms with Crippen LogP contribution in [0.25, 0.3) is 5.65 Å². The lowest BCUT2D eigenvalue weighted by molar-refractivity contribution is 0.0469. The van der Waals surface area contributed by atoms with Crippen LogP contribution in [-0.2, 0) is 17.9 Å². The molecule has 0 radical (unpaired) electrons. The van der Waals surface area contributed by atoms with Crippen molar-refractivity contribution in [3.8, 4) is 0 Å². The van der Waals surface area contributed by atoms with E-state index >= 15 is 0 Å². The maximum Gasteiger partial charge on any atom is 0.340 e. The molecule has 0 fully saturated rings. The summed E-state index contributed by atoms with van der Waals surface area (Å²) in [6, 6.07) is 15.7. The Labute approximate surface area is 166 Å². The first-order valence-corrected chi connectivity index (χ1v) is 9.11. The summed E-state index contributed by atoms with van der Waals surface area (Å²) in [5, 5.41) is 3.17. The molecule has 7 heteroatoms. The van der Waals surface area contributed by atoms with Crippen LogP contribution in [-0.4, -0.2) is 15.4 Å². The third kappa shape index (κ3) is 4.19. The minimum atomic E-state index is -0.501. The van der Waals surface area contributed by atoms with Crippen LogP contribution in [0.4, 0.5) is 5.69 Å². The maximum absolute atomic E-state index is 12.6. The first-order valence-electron chi connectivity index (χ1n) is 9.11. The van der Waals surface area contributed by atoms with Crippen molar-refractivity contribution in [3.63, 3.8) is 0 Å². The van der Waals surface area contributed by atoms with Gasteiger partial charge in [-0.1, -0.05) is 18.2 Å². The van der Waals surface area contributed by atoms with Crippen LogP contribution in [0.15, 0.2) is 76.3 Å². The number of ether oxygens (including phenoxy) is 1. The van der Waals surface area contributed by atoms with E-state index in [4.69, 9.17) is 9.15 Å². The van der Waals surface area contributed by atoms with Gasteiger partial charge in [0.2, 0.25) is 0 Å². The molecular weight excluding hydrogens is 370 g/mol. The number of pyridine rings is 1. The zero-order valence-corrected chi connectivity index (χ0v) is 15.8. The lowest BCUT2D eigenvalue weighted by atomic mass is 10.2. The predicted molar refractivity (Wildman–Crippen MR) is 108 cm³/mol. The first-order chi connectivity index (χ1) is 14.1. The number of carbonyl (C=O) groups is 1. The molecule has 4 aromatic rings. The predicted octanol–water partition coefficient (Wildman–Crippen LogP) is 3.57. The lowest BCUT2D eigenvalue weighted by Gasteiger charge is -2.11. The van der Waals surface area contributed by atoms with Gasteiger partial charge in [-0.3, -0.25) is 9.20 Å². The van der Waals surface area contributed by atoms with Crippen molar-refractivity contribution in [1.82, 2.24) is 9.38 Å². The number of hydrogen-bond donors (Lipinski definition) is 1. The first kappa shape index (κ1) is 18.5. The summed E-state index contributed by atoms with van der Waals surface area (Å²) in [6.07, 6.45) is 3.32. The number of esters is 1. The van der Waals surface area contributed by atoms with E-state index in [2.05, 4.69) is 10.3 Å². The van der Waals surface area contributed by atoms with Crippen LogP contribution in [0.3, 0.4) is 0 Å². The SMILES string of the molecule is Cc1ccc2nc(COC(=O)c3ccccc3NCc3ccco3)cc(=O)n2c1. The summed E-state index contributed by atoms with van der Waals surface area (Å²) in [5.41, 5.74) is 2.68. The van der Waals surface area contributed by atoms with Gasteiger partial charge in [0.05, 0.1) is 24.1 Å². The van der Waals surface area contributed by atoms with Crippen molar-refractivity contribution in [2.75, 3.05) is 5.32 Å². The van der Waals surface area contributed by atoms with Gasteiger partial charge in [-0.15, -0.1) is 0 Å². The van der Waals surface area contributed by atoms with E-state index in [1.807, 2.05) is 25.1 Å². The van der Waals surface area contributed by atoms with Gasteiger partial charge in [-0.25, -0.2) is 9.78 Å². The number of nitrogens with one attached hydrogen (secondary N) is 1. The highest BCUT2D eigenvalue weighted by Gasteiger charge is 2.14. The topological polar surface area (TPSA) is 85.8 Å². The van der Waals surface area contributed by atoms with Gasteiger partial charge in [0.1, 0.15) is 18.0 Å². The molecular formula is C22H19N3O4. The zero-order valence-electron chi connectivity index (χ0n) is 15.8. The second kappa shape index (κ2) is 8.02. The van der Waals surface area contributed by atoms with Gasteiger partial charge in [0.15, 0.2) is 0 Å². The number of hydrogen-bond acceptors (Lipinski definition) is 6. The molecule has 0 aliphatic heterocycles.